The van der Waals surface area contributed by atoms with Gasteiger partial charge in [0.1, 0.15) is 11.3 Å². The zero-order chi connectivity index (χ0) is 14.5. The fourth-order valence-corrected chi connectivity index (χ4v) is 1.65. The number of benzene rings is 1. The van der Waals surface area contributed by atoms with Crippen LogP contribution in [0.2, 0.25) is 0 Å². The van der Waals surface area contributed by atoms with Gasteiger partial charge in [0.2, 0.25) is 0 Å². The Bertz CT molecular complexity index is 422. The summed E-state index contributed by atoms with van der Waals surface area (Å²) in [6.45, 7) is 1.11. The maximum absolute atomic E-state index is 12.0. The molecule has 0 saturated carbocycles. The van der Waals surface area contributed by atoms with Crippen molar-refractivity contribution in [2.45, 2.75) is 32.4 Å². The number of carboxylic acid groups (broad SMARTS) is 1. The summed E-state index contributed by atoms with van der Waals surface area (Å²) < 4.78 is 28.3. The molecule has 0 heterocycles. The predicted octanol–water partition coefficient (Wildman–Crippen LogP) is 2.59. The summed E-state index contributed by atoms with van der Waals surface area (Å²) in [4.78, 5) is 11.4. The van der Waals surface area contributed by atoms with E-state index in [0.717, 1.165) is 6.42 Å². The van der Waals surface area contributed by atoms with E-state index >= 15 is 0 Å². The Morgan fingerprint density at radius 1 is 1.42 bits per heavy atom. The highest BCUT2D eigenvalue weighted by atomic mass is 19.3. The smallest absolute Gasteiger partial charge is 0.387 e. The van der Waals surface area contributed by atoms with E-state index < -0.39 is 18.1 Å². The minimum atomic E-state index is -2.89. The largest absolute Gasteiger partial charge is 0.480 e. The van der Waals surface area contributed by atoms with Crippen molar-refractivity contribution in [3.05, 3.63) is 29.8 Å². The maximum Gasteiger partial charge on any atom is 0.387 e. The zero-order valence-corrected chi connectivity index (χ0v) is 10.8. The summed E-state index contributed by atoms with van der Waals surface area (Å²) >= 11 is 0. The van der Waals surface area contributed by atoms with Crippen LogP contribution in [-0.4, -0.2) is 24.2 Å². The SMILES string of the molecule is CCCNC(C)(C(=O)O)c1ccc(OC(F)F)cc1. The molecule has 0 aliphatic carbocycles. The monoisotopic (exact) mass is 273 g/mol. The summed E-state index contributed by atoms with van der Waals surface area (Å²) in [6, 6.07) is 5.59. The number of hydrogen-bond donors (Lipinski definition) is 2. The van der Waals surface area contributed by atoms with Crippen LogP contribution >= 0.6 is 0 Å². The molecule has 0 aromatic heterocycles. The first-order chi connectivity index (χ1) is 8.90. The molecule has 19 heavy (non-hydrogen) atoms. The quantitative estimate of drug-likeness (QED) is 0.801. The Labute approximate surface area is 110 Å². The lowest BCUT2D eigenvalue weighted by Crippen LogP contribution is -2.46. The molecule has 0 aliphatic rings. The third-order valence-corrected chi connectivity index (χ3v) is 2.81. The molecule has 1 aromatic carbocycles. The second kappa shape index (κ2) is 6.47. The van der Waals surface area contributed by atoms with Crippen LogP contribution in [0.5, 0.6) is 5.75 Å². The van der Waals surface area contributed by atoms with Crippen LogP contribution < -0.4 is 10.1 Å². The van der Waals surface area contributed by atoms with Crippen LogP contribution in [0.4, 0.5) is 8.78 Å². The highest BCUT2D eigenvalue weighted by Gasteiger charge is 2.34. The van der Waals surface area contributed by atoms with E-state index in [0.29, 0.717) is 12.1 Å². The number of alkyl halides is 2. The number of carbonyl (C=O) groups is 1. The number of carboxylic acids is 1. The Balaban J connectivity index is 2.94. The molecule has 0 radical (unpaired) electrons. The number of hydrogen-bond acceptors (Lipinski definition) is 3. The molecule has 1 rings (SSSR count). The average Bonchev–Trinajstić information content (AvgIpc) is 2.35. The van der Waals surface area contributed by atoms with Gasteiger partial charge in [0.15, 0.2) is 0 Å². The molecular formula is C13H17F2NO3. The molecule has 0 spiro atoms. The van der Waals surface area contributed by atoms with Gasteiger partial charge in [0.05, 0.1) is 0 Å². The zero-order valence-electron chi connectivity index (χ0n) is 10.8. The molecule has 2 N–H and O–H groups in total. The molecule has 0 saturated heterocycles. The van der Waals surface area contributed by atoms with Crippen LogP contribution in [0.15, 0.2) is 24.3 Å². The highest BCUT2D eigenvalue weighted by Crippen LogP contribution is 2.24. The van der Waals surface area contributed by atoms with Gasteiger partial charge in [-0.2, -0.15) is 8.78 Å². The van der Waals surface area contributed by atoms with Crippen LogP contribution in [0.3, 0.4) is 0 Å². The van der Waals surface area contributed by atoms with Gasteiger partial charge >= 0.3 is 12.6 Å². The van der Waals surface area contributed by atoms with Crippen LogP contribution in [0.25, 0.3) is 0 Å². The molecule has 4 nitrogen and oxygen atoms in total. The first kappa shape index (κ1) is 15.4. The van der Waals surface area contributed by atoms with E-state index in [2.05, 4.69) is 10.1 Å². The average molecular weight is 273 g/mol. The second-order valence-corrected chi connectivity index (χ2v) is 4.26. The first-order valence-corrected chi connectivity index (χ1v) is 5.94. The highest BCUT2D eigenvalue weighted by molar-refractivity contribution is 5.80. The van der Waals surface area contributed by atoms with E-state index in [1.807, 2.05) is 6.92 Å². The summed E-state index contributed by atoms with van der Waals surface area (Å²) in [6.07, 6.45) is 0.787. The third kappa shape index (κ3) is 3.89. The van der Waals surface area contributed by atoms with Gasteiger partial charge in [-0.1, -0.05) is 19.1 Å². The third-order valence-electron chi connectivity index (χ3n) is 2.81. The molecule has 1 unspecified atom stereocenters. The van der Waals surface area contributed by atoms with Crippen molar-refractivity contribution in [1.29, 1.82) is 0 Å². The Morgan fingerprint density at radius 2 is 2.00 bits per heavy atom. The van der Waals surface area contributed by atoms with Crippen molar-refractivity contribution in [3.8, 4) is 5.75 Å². The van der Waals surface area contributed by atoms with Crippen LogP contribution in [0, 0.1) is 0 Å². The summed E-state index contributed by atoms with van der Waals surface area (Å²) in [7, 11) is 0. The van der Waals surface area contributed by atoms with Crippen LogP contribution in [-0.2, 0) is 10.3 Å². The van der Waals surface area contributed by atoms with E-state index in [1.165, 1.54) is 31.2 Å². The van der Waals surface area contributed by atoms with Crippen LogP contribution in [0.1, 0.15) is 25.8 Å². The normalized spacial score (nSPS) is 14.2. The topological polar surface area (TPSA) is 58.6 Å². The number of nitrogens with one attached hydrogen (secondary N) is 1. The van der Waals surface area contributed by atoms with Crippen molar-refractivity contribution in [2.24, 2.45) is 0 Å². The maximum atomic E-state index is 12.0. The lowest BCUT2D eigenvalue weighted by Gasteiger charge is -2.27. The Hall–Kier alpha value is -1.69. The Morgan fingerprint density at radius 3 is 2.42 bits per heavy atom. The second-order valence-electron chi connectivity index (χ2n) is 4.26. The fraction of sp³-hybridized carbons (Fsp3) is 0.462. The molecule has 1 atom stereocenters. The van der Waals surface area contributed by atoms with Crippen molar-refractivity contribution in [2.75, 3.05) is 6.54 Å². The molecule has 0 amide bonds. The summed E-state index contributed by atoms with van der Waals surface area (Å²) in [5.41, 5.74) is -0.769. The molecule has 0 bridgehead atoms. The van der Waals surface area contributed by atoms with Gasteiger partial charge in [0, 0.05) is 0 Å². The Kier molecular flexibility index (Phi) is 5.23. The summed E-state index contributed by atoms with van der Waals surface area (Å²) in [5, 5.41) is 12.2. The minimum absolute atomic E-state index is 0.00183. The summed E-state index contributed by atoms with van der Waals surface area (Å²) in [5.74, 6) is -1.02. The number of aliphatic carboxylic acids is 1. The number of rotatable bonds is 7. The van der Waals surface area contributed by atoms with Gasteiger partial charge in [-0.15, -0.1) is 0 Å². The standard InChI is InChI=1S/C13H17F2NO3/c1-3-8-16-13(2,11(17)18)9-4-6-10(7-5-9)19-12(14)15/h4-7,12,16H,3,8H2,1-2H3,(H,17,18). The van der Waals surface area contributed by atoms with Gasteiger partial charge in [-0.3, -0.25) is 5.32 Å². The fourth-order valence-electron chi connectivity index (χ4n) is 1.65. The van der Waals surface area contributed by atoms with Crippen molar-refractivity contribution in [1.82, 2.24) is 5.32 Å². The van der Waals surface area contributed by atoms with Crippen molar-refractivity contribution in [3.63, 3.8) is 0 Å². The van der Waals surface area contributed by atoms with Gasteiger partial charge < -0.3 is 9.84 Å². The molecule has 6 heteroatoms. The van der Waals surface area contributed by atoms with E-state index in [1.54, 1.807) is 0 Å². The van der Waals surface area contributed by atoms with Crippen molar-refractivity contribution < 1.29 is 23.4 Å². The predicted molar refractivity (Wildman–Crippen MR) is 66.4 cm³/mol. The van der Waals surface area contributed by atoms with E-state index in [9.17, 15) is 18.7 Å². The van der Waals surface area contributed by atoms with Crippen molar-refractivity contribution >= 4 is 5.97 Å². The first-order valence-electron chi connectivity index (χ1n) is 5.94. The van der Waals surface area contributed by atoms with E-state index in [4.69, 9.17) is 0 Å². The van der Waals surface area contributed by atoms with E-state index in [-0.39, 0.29) is 5.75 Å². The number of halogens is 2. The molecule has 0 fully saturated rings. The lowest BCUT2D eigenvalue weighted by atomic mass is 9.92. The van der Waals surface area contributed by atoms with Gasteiger partial charge in [-0.05, 0) is 37.6 Å². The van der Waals surface area contributed by atoms with Gasteiger partial charge in [0.25, 0.3) is 0 Å². The molecular weight excluding hydrogens is 256 g/mol. The molecule has 106 valence electrons. The molecule has 0 aliphatic heterocycles. The number of ether oxygens (including phenoxy) is 1. The van der Waals surface area contributed by atoms with Gasteiger partial charge in [-0.25, -0.2) is 4.79 Å². The minimum Gasteiger partial charge on any atom is -0.480 e. The molecule has 1 aromatic rings. The lowest BCUT2D eigenvalue weighted by molar-refractivity contribution is -0.144.